The Balaban J connectivity index is 0.000000132. The molecule has 20 heteroatoms. The number of nitrogens with zero attached hydrogens (tertiary/aromatic N) is 10. The Bertz CT molecular complexity index is 5280. The number of fused-ring (bicyclic) bond motifs is 6. The molecule has 4 aromatic carbocycles. The largest absolute Gasteiger partial charge is 0.422 e. The number of benzene rings is 4. The second kappa shape index (κ2) is 30.0. The minimum Gasteiger partial charge on any atom is -0.422 e. The Hall–Kier alpha value is -10.9. The summed E-state index contributed by atoms with van der Waals surface area (Å²) in [6, 6.07) is 42.3. The first kappa shape index (κ1) is 65.7. The van der Waals surface area contributed by atoms with Gasteiger partial charge in [-0.05, 0) is 193 Å². The number of hydrogen-bond acceptors (Lipinski definition) is 17. The number of pyridine rings is 1. The van der Waals surface area contributed by atoms with Gasteiger partial charge in [0, 0.05) is 79.2 Å². The van der Waals surface area contributed by atoms with Gasteiger partial charge >= 0.3 is 16.9 Å². The predicted molar refractivity (Wildman–Crippen MR) is 387 cm³/mol. The van der Waals surface area contributed by atoms with Crippen LogP contribution in [0.5, 0.6) is 0 Å². The monoisotopic (exact) mass is 1320 g/mol. The second-order valence-electron chi connectivity index (χ2n) is 24.7. The van der Waals surface area contributed by atoms with E-state index in [4.69, 9.17) is 13.3 Å². The fraction of sp³-hybridized carbons (Fsp3) is 0.231. The van der Waals surface area contributed by atoms with Crippen LogP contribution >= 0.6 is 11.3 Å². The summed E-state index contributed by atoms with van der Waals surface area (Å²) >= 11 is 1.72. The van der Waals surface area contributed by atoms with E-state index in [9.17, 15) is 14.4 Å². The lowest BCUT2D eigenvalue weighted by Gasteiger charge is -2.06. The molecule has 494 valence electrons. The van der Waals surface area contributed by atoms with Crippen LogP contribution in [-0.2, 0) is 38.9 Å². The molecule has 0 saturated carbocycles. The molecule has 0 unspecified atom stereocenters. The summed E-state index contributed by atoms with van der Waals surface area (Å²) in [4.78, 5) is 69.8. The van der Waals surface area contributed by atoms with Crippen LogP contribution in [0.1, 0.15) is 86.9 Å². The lowest BCUT2D eigenvalue weighted by Crippen LogP contribution is -2.16. The van der Waals surface area contributed by atoms with Crippen molar-refractivity contribution in [3.8, 4) is 33.8 Å². The van der Waals surface area contributed by atoms with Gasteiger partial charge in [0.1, 0.15) is 16.7 Å². The summed E-state index contributed by atoms with van der Waals surface area (Å²) in [5.74, 6) is 0. The van der Waals surface area contributed by atoms with E-state index in [1.165, 1.54) is 11.1 Å². The number of rotatable bonds is 21. The Kier molecular flexibility index (Phi) is 20.1. The average molecular weight is 1320 g/mol. The van der Waals surface area contributed by atoms with Gasteiger partial charge in [-0.1, -0.05) is 72.8 Å². The SMILES string of the molecule is Cc1cn2cc(-c3cc4ccc(CCCNCc5ccccc5)cc4oc3=O)nc2c(C)n1.Cc1cn2cc(-c3cc4ccc(CCCNCc5ccccn5)cc4oc3=O)nc2c(C)n1.Cc1cn2cc(-c3cc4ccc(CCCNCc5ccsc5)cc4oc3=O)nc2c(C)n1. The Labute approximate surface area is 569 Å². The number of thiophene rings is 1. The summed E-state index contributed by atoms with van der Waals surface area (Å²) in [7, 11) is 0. The number of aryl methyl sites for hydroxylation is 9. The van der Waals surface area contributed by atoms with E-state index in [1.807, 2.05) is 171 Å². The zero-order chi connectivity index (χ0) is 67.7. The molecule has 0 aliphatic rings. The van der Waals surface area contributed by atoms with Crippen LogP contribution in [0.3, 0.4) is 0 Å². The van der Waals surface area contributed by atoms with Crippen LogP contribution in [0.2, 0.25) is 0 Å². The summed E-state index contributed by atoms with van der Waals surface area (Å²) in [6.45, 7) is 16.8. The summed E-state index contributed by atoms with van der Waals surface area (Å²) in [6.07, 6.45) is 18.8. The summed E-state index contributed by atoms with van der Waals surface area (Å²) < 4.78 is 22.8. The first-order chi connectivity index (χ1) is 47.7. The van der Waals surface area contributed by atoms with Crippen molar-refractivity contribution in [3.63, 3.8) is 0 Å². The highest BCUT2D eigenvalue weighted by Gasteiger charge is 2.18. The Morgan fingerprint density at radius 1 is 0.398 bits per heavy atom. The highest BCUT2D eigenvalue weighted by molar-refractivity contribution is 7.07. The molecule has 15 rings (SSSR count). The van der Waals surface area contributed by atoms with Gasteiger partial charge in [-0.25, -0.2) is 29.3 Å². The molecule has 0 saturated heterocycles. The molecule has 11 heterocycles. The number of imidazole rings is 3. The van der Waals surface area contributed by atoms with E-state index < -0.39 is 0 Å². The average Bonchev–Trinajstić information content (AvgIpc) is 1.57. The quantitative estimate of drug-likeness (QED) is 0.0448. The third-order valence-electron chi connectivity index (χ3n) is 17.0. The van der Waals surface area contributed by atoms with Crippen molar-refractivity contribution >= 4 is 61.2 Å². The molecule has 15 aromatic rings. The molecular weight excluding hydrogens is 1250 g/mol. The maximum Gasteiger partial charge on any atom is 0.345 e. The molecule has 98 heavy (non-hydrogen) atoms. The maximum absolute atomic E-state index is 12.8. The fourth-order valence-electron chi connectivity index (χ4n) is 12.2. The van der Waals surface area contributed by atoms with Crippen LogP contribution in [-0.4, -0.2) is 67.7 Å². The number of hydrogen-bond donors (Lipinski definition) is 3. The number of aromatic nitrogens is 10. The van der Waals surface area contributed by atoms with E-state index in [-0.39, 0.29) is 16.9 Å². The lowest BCUT2D eigenvalue weighted by atomic mass is 10.1. The molecule has 0 amide bonds. The van der Waals surface area contributed by atoms with Gasteiger partial charge < -0.3 is 42.4 Å². The van der Waals surface area contributed by atoms with E-state index in [1.54, 1.807) is 17.5 Å². The van der Waals surface area contributed by atoms with Crippen molar-refractivity contribution in [1.29, 1.82) is 0 Å². The molecule has 0 radical (unpaired) electrons. The van der Waals surface area contributed by atoms with E-state index in [2.05, 4.69) is 110 Å². The first-order valence-electron chi connectivity index (χ1n) is 33.0. The molecule has 11 aromatic heterocycles. The maximum atomic E-state index is 12.8. The topological polar surface area (TPSA) is 230 Å². The van der Waals surface area contributed by atoms with Crippen molar-refractivity contribution in [2.24, 2.45) is 0 Å². The van der Waals surface area contributed by atoms with Gasteiger partial charge in [0.15, 0.2) is 16.9 Å². The van der Waals surface area contributed by atoms with Crippen molar-refractivity contribution in [2.45, 2.75) is 99.7 Å². The number of nitrogens with one attached hydrogen (secondary N) is 3. The Morgan fingerprint density at radius 2 is 0.796 bits per heavy atom. The molecule has 0 atom stereocenters. The smallest absolute Gasteiger partial charge is 0.345 e. The summed E-state index contributed by atoms with van der Waals surface area (Å²) in [5, 5.41) is 17.3. The van der Waals surface area contributed by atoms with Crippen molar-refractivity contribution in [1.82, 2.24) is 64.0 Å². The summed E-state index contributed by atoms with van der Waals surface area (Å²) in [5.41, 5.74) is 18.3. The van der Waals surface area contributed by atoms with Crippen LogP contribution in [0.4, 0.5) is 0 Å². The molecule has 0 fully saturated rings. The van der Waals surface area contributed by atoms with Crippen molar-refractivity contribution in [3.05, 3.63) is 280 Å². The van der Waals surface area contributed by atoms with Crippen LogP contribution in [0, 0.1) is 41.5 Å². The van der Waals surface area contributed by atoms with Gasteiger partial charge in [0.25, 0.3) is 0 Å². The molecule has 0 bridgehead atoms. The third-order valence-corrected chi connectivity index (χ3v) is 17.7. The van der Waals surface area contributed by atoms with Gasteiger partial charge in [-0.15, -0.1) is 0 Å². The van der Waals surface area contributed by atoms with E-state index >= 15 is 0 Å². The van der Waals surface area contributed by atoms with Gasteiger partial charge in [-0.2, -0.15) is 11.3 Å². The molecule has 0 aliphatic carbocycles. The fourth-order valence-corrected chi connectivity index (χ4v) is 12.9. The molecular formula is C78H75N13O6S. The first-order valence-corrected chi connectivity index (χ1v) is 33.9. The molecule has 19 nitrogen and oxygen atoms in total. The highest BCUT2D eigenvalue weighted by Crippen LogP contribution is 2.27. The van der Waals surface area contributed by atoms with Crippen molar-refractivity contribution < 1.29 is 13.3 Å². The van der Waals surface area contributed by atoms with Gasteiger partial charge in [-0.3, -0.25) is 19.9 Å². The predicted octanol–water partition coefficient (Wildman–Crippen LogP) is 14.0. The van der Waals surface area contributed by atoms with Gasteiger partial charge in [0.05, 0.1) is 73.6 Å². The normalized spacial score (nSPS) is 11.5. The van der Waals surface area contributed by atoms with E-state index in [0.717, 1.165) is 167 Å². The highest BCUT2D eigenvalue weighted by atomic mass is 32.1. The van der Waals surface area contributed by atoms with Crippen LogP contribution in [0.15, 0.2) is 209 Å². The molecule has 0 aliphatic heterocycles. The molecule has 0 spiro atoms. The third kappa shape index (κ3) is 15.8. The lowest BCUT2D eigenvalue weighted by molar-refractivity contribution is 0.562. The van der Waals surface area contributed by atoms with E-state index in [0.29, 0.717) is 50.5 Å². The second-order valence-corrected chi connectivity index (χ2v) is 25.5. The minimum absolute atomic E-state index is 0.377. The zero-order valence-corrected chi connectivity index (χ0v) is 56.5. The minimum atomic E-state index is -0.387. The zero-order valence-electron chi connectivity index (χ0n) is 55.6. The van der Waals surface area contributed by atoms with Crippen LogP contribution in [0.25, 0.3) is 83.6 Å². The Morgan fingerprint density at radius 3 is 1.18 bits per heavy atom. The van der Waals surface area contributed by atoms with Crippen LogP contribution < -0.4 is 32.8 Å². The van der Waals surface area contributed by atoms with Gasteiger partial charge in [0.2, 0.25) is 0 Å². The standard InChI is InChI=1S/C27H26N4O2.C26H25N5O2.C25H24N4O2S/c1-18-16-31-17-24(30-26(31)19(2)29-18)23-14-22-11-10-20(13-25(22)33-27(23)32)9-6-12-28-15-21-7-4-3-5-8-21;1-17-15-31-16-23(30-25(31)18(2)29-17)22-13-20-9-8-19(12-24(20)33-26(22)32)6-5-10-27-14-21-7-3-4-11-28-21;1-16-13-29-14-22(28-24(29)17(2)27-16)21-11-20-6-5-18(10-23(20)31-25(21)30)4-3-8-26-12-19-7-9-32-15-19/h3-5,7-8,10-11,13-14,16-17,28H,6,9,12,15H2,1-2H3;3-4,7-9,11-13,15-16,27H,5-6,10,14H2,1-2H3;5-7,9-11,13-15,26H,3-4,8,12H2,1-2H3. The molecule has 3 N–H and O–H groups in total. The van der Waals surface area contributed by atoms with Crippen molar-refractivity contribution in [2.75, 3.05) is 19.6 Å².